The molecule has 0 spiro atoms. The van der Waals surface area contributed by atoms with Crippen molar-refractivity contribution in [2.45, 2.75) is 18.9 Å². The highest BCUT2D eigenvalue weighted by atomic mass is 32.2. The van der Waals surface area contributed by atoms with Crippen molar-refractivity contribution >= 4 is 29.7 Å². The van der Waals surface area contributed by atoms with Crippen molar-refractivity contribution < 1.29 is 14.0 Å². The van der Waals surface area contributed by atoms with Gasteiger partial charge in [-0.25, -0.2) is 4.39 Å². The van der Waals surface area contributed by atoms with Crippen molar-refractivity contribution in [2.24, 2.45) is 0 Å². The van der Waals surface area contributed by atoms with Crippen LogP contribution in [0, 0.1) is 5.82 Å². The first kappa shape index (κ1) is 16.1. The van der Waals surface area contributed by atoms with Crippen LogP contribution in [-0.2, 0) is 9.59 Å². The molecular formula is C17H19FN2O2S. The third kappa shape index (κ3) is 3.75. The summed E-state index contributed by atoms with van der Waals surface area (Å²) >= 11 is 1.60. The third-order valence-electron chi connectivity index (χ3n) is 4.16. The zero-order valence-corrected chi connectivity index (χ0v) is 13.6. The van der Waals surface area contributed by atoms with Gasteiger partial charge in [0, 0.05) is 24.9 Å². The van der Waals surface area contributed by atoms with E-state index >= 15 is 0 Å². The minimum Gasteiger partial charge on any atom is -0.341 e. The van der Waals surface area contributed by atoms with E-state index in [1.54, 1.807) is 34.9 Å². The third-order valence-corrected chi connectivity index (χ3v) is 5.17. The van der Waals surface area contributed by atoms with Gasteiger partial charge >= 0.3 is 0 Å². The smallest absolute Gasteiger partial charge is 0.247 e. The fourth-order valence-electron chi connectivity index (χ4n) is 2.85. The van der Waals surface area contributed by atoms with Crippen molar-refractivity contribution in [3.8, 4) is 0 Å². The van der Waals surface area contributed by atoms with Gasteiger partial charge in [-0.15, -0.1) is 11.8 Å². The minimum absolute atomic E-state index is 0.0658. The number of nitrogens with zero attached hydrogens (tertiary/aromatic N) is 2. The summed E-state index contributed by atoms with van der Waals surface area (Å²) in [5.74, 6) is 0.788. The van der Waals surface area contributed by atoms with Crippen molar-refractivity contribution in [3.63, 3.8) is 0 Å². The topological polar surface area (TPSA) is 40.6 Å². The Hall–Kier alpha value is -1.82. The van der Waals surface area contributed by atoms with Gasteiger partial charge in [0.15, 0.2) is 0 Å². The van der Waals surface area contributed by atoms with Crippen LogP contribution in [-0.4, -0.2) is 52.4 Å². The number of carbonyl (C=O) groups is 2. The molecule has 23 heavy (non-hydrogen) atoms. The van der Waals surface area contributed by atoms with Crippen molar-refractivity contribution in [1.82, 2.24) is 9.80 Å². The Morgan fingerprint density at radius 2 is 1.87 bits per heavy atom. The first-order chi connectivity index (χ1) is 11.1. The maximum Gasteiger partial charge on any atom is 0.247 e. The van der Waals surface area contributed by atoms with E-state index in [1.807, 2.05) is 4.90 Å². The van der Waals surface area contributed by atoms with Crippen molar-refractivity contribution in [3.05, 3.63) is 41.7 Å². The minimum atomic E-state index is -0.358. The summed E-state index contributed by atoms with van der Waals surface area (Å²) in [6.07, 6.45) is 5.21. The molecule has 4 nitrogen and oxygen atoms in total. The monoisotopic (exact) mass is 334 g/mol. The lowest BCUT2D eigenvalue weighted by molar-refractivity contribution is -0.140. The SMILES string of the molecule is O=C(C1CSCN1C(=O)C=Cc1ccc(F)cc1)N1CCCC1. The largest absolute Gasteiger partial charge is 0.341 e. The highest BCUT2D eigenvalue weighted by Gasteiger charge is 2.36. The Kier molecular flexibility index (Phi) is 5.00. The van der Waals surface area contributed by atoms with Gasteiger partial charge in [-0.05, 0) is 36.6 Å². The van der Waals surface area contributed by atoms with Crippen LogP contribution in [0.5, 0.6) is 0 Å². The molecule has 1 aromatic carbocycles. The Bertz CT molecular complexity index is 612. The predicted molar refractivity (Wildman–Crippen MR) is 89.2 cm³/mol. The number of amides is 2. The molecule has 6 heteroatoms. The van der Waals surface area contributed by atoms with E-state index in [0.717, 1.165) is 31.5 Å². The van der Waals surface area contributed by atoms with E-state index in [2.05, 4.69) is 0 Å². The molecule has 2 saturated heterocycles. The van der Waals surface area contributed by atoms with Gasteiger partial charge in [-0.1, -0.05) is 12.1 Å². The first-order valence-electron chi connectivity index (χ1n) is 7.76. The fraction of sp³-hybridized carbons (Fsp3) is 0.412. The number of carbonyl (C=O) groups excluding carboxylic acids is 2. The summed E-state index contributed by atoms with van der Waals surface area (Å²) in [7, 11) is 0. The van der Waals surface area contributed by atoms with E-state index in [0.29, 0.717) is 11.6 Å². The lowest BCUT2D eigenvalue weighted by Crippen LogP contribution is -2.47. The molecule has 0 N–H and O–H groups in total. The zero-order chi connectivity index (χ0) is 16.2. The number of rotatable bonds is 3. The van der Waals surface area contributed by atoms with Gasteiger partial charge in [-0.2, -0.15) is 0 Å². The van der Waals surface area contributed by atoms with E-state index in [4.69, 9.17) is 0 Å². The standard InChI is InChI=1S/C17H19FN2O2S/c18-14-6-3-13(4-7-14)5-8-16(21)20-12-23-11-15(20)17(22)19-9-1-2-10-19/h3-8,15H,1-2,9-12H2. The summed E-state index contributed by atoms with van der Waals surface area (Å²) in [5, 5.41) is 0. The predicted octanol–water partition coefficient (Wildman–Crippen LogP) is 2.36. The second kappa shape index (κ2) is 7.17. The van der Waals surface area contributed by atoms with E-state index in [9.17, 15) is 14.0 Å². The molecule has 2 amide bonds. The molecule has 1 aromatic rings. The first-order valence-corrected chi connectivity index (χ1v) is 8.91. The normalized spacial score (nSPS) is 21.3. The van der Waals surface area contributed by atoms with Crippen LogP contribution in [0.15, 0.2) is 30.3 Å². The van der Waals surface area contributed by atoms with Crippen LogP contribution in [0.1, 0.15) is 18.4 Å². The Labute approximate surface area is 139 Å². The van der Waals surface area contributed by atoms with Crippen LogP contribution in [0.25, 0.3) is 6.08 Å². The highest BCUT2D eigenvalue weighted by molar-refractivity contribution is 7.99. The molecule has 0 aromatic heterocycles. The van der Waals surface area contributed by atoms with Crippen molar-refractivity contribution in [2.75, 3.05) is 24.7 Å². The molecule has 2 heterocycles. The Morgan fingerprint density at radius 3 is 2.57 bits per heavy atom. The van der Waals surface area contributed by atoms with Gasteiger partial charge in [0.05, 0.1) is 5.88 Å². The number of thioether (sulfide) groups is 1. The molecule has 3 rings (SSSR count). The second-order valence-corrected chi connectivity index (χ2v) is 6.74. The zero-order valence-electron chi connectivity index (χ0n) is 12.8. The molecule has 0 radical (unpaired) electrons. The summed E-state index contributed by atoms with van der Waals surface area (Å²) in [5.41, 5.74) is 0.758. The van der Waals surface area contributed by atoms with Crippen LogP contribution in [0.3, 0.4) is 0 Å². The number of likely N-dealkylation sites (tertiary alicyclic amines) is 1. The Balaban J connectivity index is 1.65. The summed E-state index contributed by atoms with van der Waals surface area (Å²) < 4.78 is 12.9. The van der Waals surface area contributed by atoms with Gasteiger partial charge in [-0.3, -0.25) is 9.59 Å². The maximum absolute atomic E-state index is 12.9. The average molecular weight is 334 g/mol. The number of benzene rings is 1. The molecule has 122 valence electrons. The van der Waals surface area contributed by atoms with Gasteiger partial charge in [0.2, 0.25) is 11.8 Å². The summed E-state index contributed by atoms with van der Waals surface area (Å²) in [4.78, 5) is 28.4. The van der Waals surface area contributed by atoms with Gasteiger partial charge in [0.25, 0.3) is 0 Å². The lowest BCUT2D eigenvalue weighted by atomic mass is 10.2. The molecule has 1 atom stereocenters. The van der Waals surface area contributed by atoms with Crippen LogP contribution >= 0.6 is 11.8 Å². The molecule has 1 unspecified atom stereocenters. The second-order valence-electron chi connectivity index (χ2n) is 5.74. The lowest BCUT2D eigenvalue weighted by Gasteiger charge is -2.26. The van der Waals surface area contributed by atoms with Gasteiger partial charge < -0.3 is 9.80 Å². The quantitative estimate of drug-likeness (QED) is 0.797. The molecule has 2 aliphatic heterocycles. The molecule has 2 aliphatic rings. The summed E-state index contributed by atoms with van der Waals surface area (Å²) in [6.45, 7) is 1.60. The molecular weight excluding hydrogens is 315 g/mol. The number of halogens is 1. The maximum atomic E-state index is 12.9. The van der Waals surface area contributed by atoms with Crippen LogP contribution in [0.4, 0.5) is 4.39 Å². The van der Waals surface area contributed by atoms with Crippen LogP contribution < -0.4 is 0 Å². The Morgan fingerprint density at radius 1 is 1.17 bits per heavy atom. The highest BCUT2D eigenvalue weighted by Crippen LogP contribution is 2.24. The summed E-state index contributed by atoms with van der Waals surface area (Å²) in [6, 6.07) is 5.59. The number of hydrogen-bond acceptors (Lipinski definition) is 3. The number of hydrogen-bond donors (Lipinski definition) is 0. The molecule has 0 bridgehead atoms. The molecule has 0 saturated carbocycles. The van der Waals surface area contributed by atoms with E-state index in [1.165, 1.54) is 18.2 Å². The van der Waals surface area contributed by atoms with Crippen LogP contribution in [0.2, 0.25) is 0 Å². The molecule has 0 aliphatic carbocycles. The van der Waals surface area contributed by atoms with Crippen molar-refractivity contribution in [1.29, 1.82) is 0 Å². The average Bonchev–Trinajstić information content (AvgIpc) is 3.24. The fourth-order valence-corrected chi connectivity index (χ4v) is 4.00. The van der Waals surface area contributed by atoms with Gasteiger partial charge in [0.1, 0.15) is 11.9 Å². The molecule has 2 fully saturated rings. The van der Waals surface area contributed by atoms with E-state index in [-0.39, 0.29) is 23.7 Å². The van der Waals surface area contributed by atoms with E-state index < -0.39 is 0 Å².